The van der Waals surface area contributed by atoms with Gasteiger partial charge in [0.2, 0.25) is 0 Å². The quantitative estimate of drug-likeness (QED) is 0.414. The number of piperidine rings is 1. The van der Waals surface area contributed by atoms with Crippen LogP contribution in [0.25, 0.3) is 34.3 Å². The molecule has 0 radical (unpaired) electrons. The highest BCUT2D eigenvalue weighted by Gasteiger charge is 2.22. The van der Waals surface area contributed by atoms with Gasteiger partial charge in [-0.1, -0.05) is 35.4 Å². The van der Waals surface area contributed by atoms with E-state index in [0.29, 0.717) is 23.0 Å². The number of nitrogens with zero attached hydrogens (tertiary/aromatic N) is 3. The number of hydrogen-bond acceptors (Lipinski definition) is 4. The molecule has 3 aromatic heterocycles. The van der Waals surface area contributed by atoms with Gasteiger partial charge >= 0.3 is 0 Å². The number of aliphatic hydroxyl groups is 1. The highest BCUT2D eigenvalue weighted by Crippen LogP contribution is 2.28. The third kappa shape index (κ3) is 4.25. The number of aromatic amines is 1. The second kappa shape index (κ2) is 8.48. The molecule has 0 aliphatic carbocycles. The van der Waals surface area contributed by atoms with E-state index in [-0.39, 0.29) is 12.1 Å². The summed E-state index contributed by atoms with van der Waals surface area (Å²) >= 11 is 12.4. The molecular formula is C23H21Cl2N5O. The minimum atomic E-state index is -0.341. The molecule has 4 aromatic rings. The average molecular weight is 454 g/mol. The van der Waals surface area contributed by atoms with Gasteiger partial charge in [-0.05, 0) is 36.2 Å². The summed E-state index contributed by atoms with van der Waals surface area (Å²) in [7, 11) is 0. The van der Waals surface area contributed by atoms with E-state index < -0.39 is 0 Å². The van der Waals surface area contributed by atoms with Gasteiger partial charge in [0.1, 0.15) is 5.65 Å². The minimum Gasteiger partial charge on any atom is -0.392 e. The topological polar surface area (TPSA) is 78.8 Å². The standard InChI is InChI=1S/C23H21Cl2N5O/c24-18-3-4-22(25)14(5-18)1-2-15-8-27-23-21(15)6-16(9-28-23)17-10-29-30(13-17)19-7-20(31)12-26-11-19/h1-6,8-10,13,19-20,26,31H,7,11-12H2,(H,27,28). The molecule has 0 spiro atoms. The number of hydrogen-bond donors (Lipinski definition) is 3. The number of benzene rings is 1. The van der Waals surface area contributed by atoms with Gasteiger partial charge in [0.15, 0.2) is 0 Å². The van der Waals surface area contributed by atoms with E-state index in [0.717, 1.165) is 39.8 Å². The monoisotopic (exact) mass is 453 g/mol. The maximum Gasteiger partial charge on any atom is 0.137 e. The van der Waals surface area contributed by atoms with Crippen LogP contribution in [0.5, 0.6) is 0 Å². The van der Waals surface area contributed by atoms with E-state index in [1.165, 1.54) is 0 Å². The number of aliphatic hydroxyl groups excluding tert-OH is 1. The van der Waals surface area contributed by atoms with E-state index in [9.17, 15) is 5.11 Å². The van der Waals surface area contributed by atoms with E-state index in [1.807, 2.05) is 47.7 Å². The Morgan fingerprint density at radius 2 is 1.94 bits per heavy atom. The molecular weight excluding hydrogens is 433 g/mol. The first kappa shape index (κ1) is 20.3. The Hall–Kier alpha value is -2.64. The molecule has 0 amide bonds. The first-order valence-electron chi connectivity index (χ1n) is 10.1. The van der Waals surface area contributed by atoms with Crippen molar-refractivity contribution >= 4 is 46.4 Å². The summed E-state index contributed by atoms with van der Waals surface area (Å²) < 4.78 is 1.92. The molecule has 3 N–H and O–H groups in total. The van der Waals surface area contributed by atoms with Gasteiger partial charge < -0.3 is 15.4 Å². The third-order valence-electron chi connectivity index (χ3n) is 5.58. The Balaban J connectivity index is 1.44. The molecule has 1 aliphatic rings. The molecule has 1 fully saturated rings. The zero-order chi connectivity index (χ0) is 21.4. The van der Waals surface area contributed by atoms with E-state index in [4.69, 9.17) is 23.2 Å². The van der Waals surface area contributed by atoms with Crippen molar-refractivity contribution in [3.8, 4) is 11.1 Å². The Morgan fingerprint density at radius 1 is 1.06 bits per heavy atom. The molecule has 31 heavy (non-hydrogen) atoms. The number of fused-ring (bicyclic) bond motifs is 1. The number of nitrogens with one attached hydrogen (secondary N) is 2. The molecule has 2 atom stereocenters. The second-order valence-corrected chi connectivity index (χ2v) is 8.62. The van der Waals surface area contributed by atoms with Crippen LogP contribution in [0.15, 0.2) is 49.1 Å². The molecule has 0 bridgehead atoms. The fourth-order valence-corrected chi connectivity index (χ4v) is 4.29. The minimum absolute atomic E-state index is 0.141. The maximum absolute atomic E-state index is 9.92. The molecule has 6 nitrogen and oxygen atoms in total. The van der Waals surface area contributed by atoms with Gasteiger partial charge in [0, 0.05) is 63.8 Å². The molecule has 8 heteroatoms. The number of rotatable bonds is 4. The van der Waals surface area contributed by atoms with Crippen LogP contribution in [0.3, 0.4) is 0 Å². The predicted octanol–water partition coefficient (Wildman–Crippen LogP) is 4.80. The normalized spacial score (nSPS) is 19.5. The smallest absolute Gasteiger partial charge is 0.137 e. The van der Waals surface area contributed by atoms with Crippen molar-refractivity contribution in [2.75, 3.05) is 13.1 Å². The SMILES string of the molecule is OC1CNCC(n2cc(-c3cnc4[nH]cc(C=Cc5cc(Cl)ccc5Cl)c4c3)cn2)C1. The molecule has 1 aromatic carbocycles. The Kier molecular flexibility index (Phi) is 5.54. The summed E-state index contributed by atoms with van der Waals surface area (Å²) in [6.45, 7) is 1.43. The van der Waals surface area contributed by atoms with Crippen LogP contribution >= 0.6 is 23.2 Å². The summed E-state index contributed by atoms with van der Waals surface area (Å²) in [6, 6.07) is 7.64. The lowest BCUT2D eigenvalue weighted by molar-refractivity contribution is 0.113. The van der Waals surface area contributed by atoms with Crippen LogP contribution in [0.1, 0.15) is 23.6 Å². The zero-order valence-corrected chi connectivity index (χ0v) is 18.1. The van der Waals surface area contributed by atoms with Gasteiger partial charge in [-0.15, -0.1) is 0 Å². The summed E-state index contributed by atoms with van der Waals surface area (Å²) in [4.78, 5) is 7.79. The number of H-pyrrole nitrogens is 1. The van der Waals surface area contributed by atoms with Crippen molar-refractivity contribution in [2.45, 2.75) is 18.6 Å². The molecule has 0 saturated carbocycles. The number of pyridine rings is 1. The Bertz CT molecular complexity index is 1260. The molecule has 158 valence electrons. The van der Waals surface area contributed by atoms with Crippen LogP contribution in [-0.2, 0) is 0 Å². The lowest BCUT2D eigenvalue weighted by Gasteiger charge is -2.26. The van der Waals surface area contributed by atoms with Gasteiger partial charge in [0.05, 0.1) is 18.3 Å². The van der Waals surface area contributed by atoms with Gasteiger partial charge in [-0.25, -0.2) is 4.98 Å². The van der Waals surface area contributed by atoms with E-state index in [2.05, 4.69) is 26.4 Å². The first-order valence-corrected chi connectivity index (χ1v) is 10.9. The zero-order valence-electron chi connectivity index (χ0n) is 16.6. The molecule has 2 unspecified atom stereocenters. The summed E-state index contributed by atoms with van der Waals surface area (Å²) in [5.41, 5.74) is 4.65. The van der Waals surface area contributed by atoms with E-state index in [1.54, 1.807) is 12.1 Å². The van der Waals surface area contributed by atoms with Crippen LogP contribution in [0.2, 0.25) is 10.0 Å². The average Bonchev–Trinajstić information content (AvgIpc) is 3.41. The van der Waals surface area contributed by atoms with Crippen molar-refractivity contribution in [3.63, 3.8) is 0 Å². The second-order valence-electron chi connectivity index (χ2n) is 7.77. The fourth-order valence-electron chi connectivity index (χ4n) is 3.93. The Labute approximate surface area is 189 Å². The van der Waals surface area contributed by atoms with Crippen molar-refractivity contribution < 1.29 is 5.11 Å². The lowest BCUT2D eigenvalue weighted by atomic mass is 10.1. The first-order chi connectivity index (χ1) is 15.1. The third-order valence-corrected chi connectivity index (χ3v) is 6.16. The number of aromatic nitrogens is 4. The maximum atomic E-state index is 9.92. The summed E-state index contributed by atoms with van der Waals surface area (Å²) in [5.74, 6) is 0. The highest BCUT2D eigenvalue weighted by molar-refractivity contribution is 6.34. The molecule has 4 heterocycles. The number of halogens is 2. The highest BCUT2D eigenvalue weighted by atomic mass is 35.5. The predicted molar refractivity (Wildman–Crippen MR) is 125 cm³/mol. The van der Waals surface area contributed by atoms with Crippen LogP contribution in [-0.4, -0.2) is 44.0 Å². The number of β-amino-alcohol motifs (C(OH)–C–C–N with tert-alkyl or cyclic N) is 1. The molecule has 5 rings (SSSR count). The largest absolute Gasteiger partial charge is 0.392 e. The molecule has 1 saturated heterocycles. The van der Waals surface area contributed by atoms with Crippen molar-refractivity contribution in [3.05, 3.63) is 70.2 Å². The van der Waals surface area contributed by atoms with Gasteiger partial charge in [-0.3, -0.25) is 4.68 Å². The van der Waals surface area contributed by atoms with Crippen molar-refractivity contribution in [2.24, 2.45) is 0 Å². The van der Waals surface area contributed by atoms with Crippen LogP contribution in [0, 0.1) is 0 Å². The van der Waals surface area contributed by atoms with Crippen LogP contribution < -0.4 is 5.32 Å². The fraction of sp³-hybridized carbons (Fsp3) is 0.217. The van der Waals surface area contributed by atoms with Crippen molar-refractivity contribution in [1.82, 2.24) is 25.1 Å². The van der Waals surface area contributed by atoms with Gasteiger partial charge in [0.25, 0.3) is 0 Å². The summed E-state index contributed by atoms with van der Waals surface area (Å²) in [6.07, 6.45) is 11.9. The van der Waals surface area contributed by atoms with Crippen LogP contribution in [0.4, 0.5) is 0 Å². The van der Waals surface area contributed by atoms with Gasteiger partial charge in [-0.2, -0.15) is 5.10 Å². The molecule has 1 aliphatic heterocycles. The Morgan fingerprint density at radius 3 is 2.81 bits per heavy atom. The lowest BCUT2D eigenvalue weighted by Crippen LogP contribution is -2.40. The van der Waals surface area contributed by atoms with Crippen molar-refractivity contribution in [1.29, 1.82) is 0 Å². The summed E-state index contributed by atoms with van der Waals surface area (Å²) in [5, 5.41) is 20.0. The van der Waals surface area contributed by atoms with E-state index >= 15 is 0 Å².